The quantitative estimate of drug-likeness (QED) is 0.777. The van der Waals surface area contributed by atoms with Crippen LogP contribution in [-0.2, 0) is 13.7 Å². The van der Waals surface area contributed by atoms with Crippen LogP contribution >= 0.6 is 0 Å². The zero-order chi connectivity index (χ0) is 9.97. The predicted octanol–water partition coefficient (Wildman–Crippen LogP) is 1.58. The maximum atomic E-state index is 9.18. The number of hydrogen-bond donors (Lipinski definition) is 1. The summed E-state index contributed by atoms with van der Waals surface area (Å²) in [6.45, 7) is 0.0569. The Labute approximate surface area is 82.6 Å². The second kappa shape index (κ2) is 3.64. The summed E-state index contributed by atoms with van der Waals surface area (Å²) in [7, 11) is 1.89. The lowest BCUT2D eigenvalue weighted by Gasteiger charge is -2.06. The minimum Gasteiger partial charge on any atom is -0.392 e. The van der Waals surface area contributed by atoms with Crippen molar-refractivity contribution in [2.45, 2.75) is 6.61 Å². The predicted molar refractivity (Wildman–Crippen MR) is 54.6 cm³/mol. The minimum absolute atomic E-state index is 0.0569. The van der Waals surface area contributed by atoms with Crippen LogP contribution in [0.15, 0.2) is 36.5 Å². The highest BCUT2D eigenvalue weighted by molar-refractivity contribution is 5.63. The lowest BCUT2D eigenvalue weighted by Crippen LogP contribution is -1.96. The molecule has 1 heterocycles. The highest BCUT2D eigenvalue weighted by Crippen LogP contribution is 2.22. The van der Waals surface area contributed by atoms with Crippen LogP contribution in [0.4, 0.5) is 0 Å². The Hall–Kier alpha value is -1.61. The molecule has 0 spiro atoms. The lowest BCUT2D eigenvalue weighted by molar-refractivity contribution is 0.282. The fourth-order valence-corrected chi connectivity index (χ4v) is 1.55. The van der Waals surface area contributed by atoms with Crippen molar-refractivity contribution in [1.82, 2.24) is 9.78 Å². The molecule has 0 radical (unpaired) electrons. The summed E-state index contributed by atoms with van der Waals surface area (Å²) in [6, 6.07) is 9.73. The first kappa shape index (κ1) is 8.97. The molecule has 0 bridgehead atoms. The van der Waals surface area contributed by atoms with Gasteiger partial charge in [0.1, 0.15) is 0 Å². The first-order chi connectivity index (χ1) is 6.83. The van der Waals surface area contributed by atoms with E-state index in [1.165, 1.54) is 0 Å². The molecule has 3 heteroatoms. The molecule has 0 aliphatic rings. The van der Waals surface area contributed by atoms with E-state index in [0.717, 1.165) is 16.8 Å². The molecule has 2 aromatic rings. The molecule has 0 fully saturated rings. The summed E-state index contributed by atoms with van der Waals surface area (Å²) in [4.78, 5) is 0. The second-order valence-corrected chi connectivity index (χ2v) is 3.16. The Kier molecular flexibility index (Phi) is 2.33. The largest absolute Gasteiger partial charge is 0.392 e. The Morgan fingerprint density at radius 3 is 2.71 bits per heavy atom. The van der Waals surface area contributed by atoms with Crippen LogP contribution in [0.1, 0.15) is 5.56 Å². The number of aliphatic hydroxyl groups excluding tert-OH is 1. The van der Waals surface area contributed by atoms with E-state index in [1.54, 1.807) is 10.9 Å². The maximum absolute atomic E-state index is 9.18. The van der Waals surface area contributed by atoms with Gasteiger partial charge in [-0.2, -0.15) is 5.10 Å². The van der Waals surface area contributed by atoms with E-state index in [9.17, 15) is 5.11 Å². The minimum atomic E-state index is 0.0569. The SMILES string of the molecule is Cn1nccc1-c1ccccc1CO. The zero-order valence-electron chi connectivity index (χ0n) is 8.01. The summed E-state index contributed by atoms with van der Waals surface area (Å²) in [6.07, 6.45) is 1.75. The number of benzene rings is 1. The molecular weight excluding hydrogens is 176 g/mol. The van der Waals surface area contributed by atoms with Gasteiger partial charge in [0.15, 0.2) is 0 Å². The molecule has 1 aromatic heterocycles. The third kappa shape index (κ3) is 1.42. The van der Waals surface area contributed by atoms with Crippen molar-refractivity contribution >= 4 is 0 Å². The van der Waals surface area contributed by atoms with Crippen molar-refractivity contribution in [3.05, 3.63) is 42.1 Å². The molecule has 0 aliphatic carbocycles. The smallest absolute Gasteiger partial charge is 0.0688 e. The van der Waals surface area contributed by atoms with Crippen LogP contribution in [0.25, 0.3) is 11.3 Å². The van der Waals surface area contributed by atoms with E-state index < -0.39 is 0 Å². The monoisotopic (exact) mass is 188 g/mol. The standard InChI is InChI=1S/C11H12N2O/c1-13-11(6-7-12-13)10-5-3-2-4-9(10)8-14/h2-7,14H,8H2,1H3. The van der Waals surface area contributed by atoms with E-state index in [2.05, 4.69) is 5.10 Å². The maximum Gasteiger partial charge on any atom is 0.0688 e. The molecule has 0 unspecified atom stereocenters. The molecule has 1 aromatic carbocycles. The van der Waals surface area contributed by atoms with Crippen LogP contribution in [-0.4, -0.2) is 14.9 Å². The normalized spacial score (nSPS) is 10.4. The Morgan fingerprint density at radius 1 is 1.29 bits per heavy atom. The summed E-state index contributed by atoms with van der Waals surface area (Å²) in [5.74, 6) is 0. The molecule has 0 atom stereocenters. The Balaban J connectivity index is 2.56. The summed E-state index contributed by atoms with van der Waals surface area (Å²) in [5, 5.41) is 13.3. The van der Waals surface area contributed by atoms with Crippen molar-refractivity contribution in [3.8, 4) is 11.3 Å². The highest BCUT2D eigenvalue weighted by atomic mass is 16.3. The summed E-state index contributed by atoms with van der Waals surface area (Å²) >= 11 is 0. The van der Waals surface area contributed by atoms with Gasteiger partial charge in [-0.15, -0.1) is 0 Å². The van der Waals surface area contributed by atoms with Crippen LogP contribution in [0.3, 0.4) is 0 Å². The topological polar surface area (TPSA) is 38.0 Å². The molecule has 2 rings (SSSR count). The fourth-order valence-electron chi connectivity index (χ4n) is 1.55. The number of aromatic nitrogens is 2. The molecule has 0 saturated heterocycles. The van der Waals surface area contributed by atoms with E-state index in [4.69, 9.17) is 0 Å². The van der Waals surface area contributed by atoms with E-state index in [1.807, 2.05) is 37.4 Å². The van der Waals surface area contributed by atoms with Gasteiger partial charge in [0.05, 0.1) is 12.3 Å². The van der Waals surface area contributed by atoms with Crippen molar-refractivity contribution in [1.29, 1.82) is 0 Å². The van der Waals surface area contributed by atoms with Crippen LogP contribution in [0, 0.1) is 0 Å². The first-order valence-corrected chi connectivity index (χ1v) is 4.50. The van der Waals surface area contributed by atoms with Gasteiger partial charge < -0.3 is 5.11 Å². The van der Waals surface area contributed by atoms with Gasteiger partial charge in [-0.25, -0.2) is 0 Å². The van der Waals surface area contributed by atoms with Crippen molar-refractivity contribution in [2.24, 2.45) is 7.05 Å². The third-order valence-electron chi connectivity index (χ3n) is 2.28. The number of nitrogens with zero attached hydrogens (tertiary/aromatic N) is 2. The van der Waals surface area contributed by atoms with Crippen LogP contribution in [0.2, 0.25) is 0 Å². The zero-order valence-corrected chi connectivity index (χ0v) is 8.01. The van der Waals surface area contributed by atoms with Crippen LogP contribution < -0.4 is 0 Å². The van der Waals surface area contributed by atoms with Gasteiger partial charge in [-0.1, -0.05) is 24.3 Å². The Bertz CT molecular complexity index is 434. The molecular formula is C11H12N2O. The molecule has 0 aliphatic heterocycles. The van der Waals surface area contributed by atoms with Gasteiger partial charge >= 0.3 is 0 Å². The molecule has 0 saturated carbocycles. The first-order valence-electron chi connectivity index (χ1n) is 4.50. The van der Waals surface area contributed by atoms with E-state index in [0.29, 0.717) is 0 Å². The molecule has 0 amide bonds. The van der Waals surface area contributed by atoms with Crippen LogP contribution in [0.5, 0.6) is 0 Å². The fraction of sp³-hybridized carbons (Fsp3) is 0.182. The summed E-state index contributed by atoms with van der Waals surface area (Å²) in [5.41, 5.74) is 2.99. The number of aliphatic hydroxyl groups is 1. The van der Waals surface area contributed by atoms with Crippen molar-refractivity contribution in [3.63, 3.8) is 0 Å². The van der Waals surface area contributed by atoms with Gasteiger partial charge in [-0.05, 0) is 11.6 Å². The third-order valence-corrected chi connectivity index (χ3v) is 2.28. The molecule has 3 nitrogen and oxygen atoms in total. The van der Waals surface area contributed by atoms with Crippen molar-refractivity contribution in [2.75, 3.05) is 0 Å². The van der Waals surface area contributed by atoms with E-state index >= 15 is 0 Å². The average molecular weight is 188 g/mol. The Morgan fingerprint density at radius 2 is 2.07 bits per heavy atom. The van der Waals surface area contributed by atoms with Gasteiger partial charge in [0.25, 0.3) is 0 Å². The highest BCUT2D eigenvalue weighted by Gasteiger charge is 2.06. The number of aryl methyl sites for hydroxylation is 1. The second-order valence-electron chi connectivity index (χ2n) is 3.16. The number of hydrogen-bond acceptors (Lipinski definition) is 2. The summed E-state index contributed by atoms with van der Waals surface area (Å²) < 4.78 is 1.80. The molecule has 72 valence electrons. The van der Waals surface area contributed by atoms with Crippen molar-refractivity contribution < 1.29 is 5.11 Å². The molecule has 1 N–H and O–H groups in total. The number of rotatable bonds is 2. The van der Waals surface area contributed by atoms with Gasteiger partial charge in [-0.3, -0.25) is 4.68 Å². The van der Waals surface area contributed by atoms with Gasteiger partial charge in [0, 0.05) is 18.8 Å². The van der Waals surface area contributed by atoms with Gasteiger partial charge in [0.2, 0.25) is 0 Å². The molecule has 14 heavy (non-hydrogen) atoms. The lowest BCUT2D eigenvalue weighted by atomic mass is 10.1. The average Bonchev–Trinajstić information content (AvgIpc) is 2.64. The van der Waals surface area contributed by atoms with E-state index in [-0.39, 0.29) is 6.61 Å².